The van der Waals surface area contributed by atoms with Crippen molar-refractivity contribution >= 4 is 23.2 Å². The molecular formula is C19H33N5O2S. The smallest absolute Gasteiger partial charge is 0.242 e. The Kier molecular flexibility index (Phi) is 7.36. The van der Waals surface area contributed by atoms with Gasteiger partial charge in [0.25, 0.3) is 0 Å². The molecule has 27 heavy (non-hydrogen) atoms. The van der Waals surface area contributed by atoms with E-state index in [1.54, 1.807) is 16.2 Å². The quantitative estimate of drug-likeness (QED) is 0.755. The van der Waals surface area contributed by atoms with E-state index in [-0.39, 0.29) is 29.7 Å². The maximum absolute atomic E-state index is 12.3. The summed E-state index contributed by atoms with van der Waals surface area (Å²) in [6.45, 7) is 14.1. The van der Waals surface area contributed by atoms with Gasteiger partial charge >= 0.3 is 0 Å². The van der Waals surface area contributed by atoms with Gasteiger partial charge in [-0.2, -0.15) is 0 Å². The number of nitrogens with zero attached hydrogens (tertiary/aromatic N) is 3. The van der Waals surface area contributed by atoms with Crippen LogP contribution in [0.5, 0.6) is 0 Å². The standard InChI is InChI=1S/C19H33N5O2S/c1-13(2)16(20)17(26)21-10-15(25)24-8-6-23(7-9-24)11-14-12-27-18(22-14)19(3,4)5/h12-13,16H,6-11,20H2,1-5H3,(H,21,26)/t16-/m0/s1. The lowest BCUT2D eigenvalue weighted by Gasteiger charge is -2.34. The van der Waals surface area contributed by atoms with E-state index in [0.29, 0.717) is 13.1 Å². The molecule has 2 heterocycles. The van der Waals surface area contributed by atoms with E-state index in [2.05, 4.69) is 36.4 Å². The molecule has 0 radical (unpaired) electrons. The predicted octanol–water partition coefficient (Wildman–Crippen LogP) is 1.18. The highest BCUT2D eigenvalue weighted by Crippen LogP contribution is 2.26. The Morgan fingerprint density at radius 2 is 1.89 bits per heavy atom. The summed E-state index contributed by atoms with van der Waals surface area (Å²) in [6.07, 6.45) is 0. The number of amides is 2. The van der Waals surface area contributed by atoms with Crippen molar-refractivity contribution < 1.29 is 9.59 Å². The Hall–Kier alpha value is -1.51. The van der Waals surface area contributed by atoms with E-state index < -0.39 is 6.04 Å². The number of hydrogen-bond donors (Lipinski definition) is 2. The van der Waals surface area contributed by atoms with Gasteiger partial charge in [0, 0.05) is 43.5 Å². The molecule has 7 nitrogen and oxygen atoms in total. The maximum Gasteiger partial charge on any atom is 0.242 e. The van der Waals surface area contributed by atoms with E-state index in [0.717, 1.165) is 30.3 Å². The first-order valence-corrected chi connectivity index (χ1v) is 10.4. The summed E-state index contributed by atoms with van der Waals surface area (Å²) < 4.78 is 0. The number of nitrogens with one attached hydrogen (secondary N) is 1. The number of carbonyl (C=O) groups is 2. The van der Waals surface area contributed by atoms with Crippen LogP contribution in [0.1, 0.15) is 45.3 Å². The zero-order valence-corrected chi connectivity index (χ0v) is 17.9. The van der Waals surface area contributed by atoms with Gasteiger partial charge in [0.2, 0.25) is 11.8 Å². The molecule has 152 valence electrons. The number of carbonyl (C=O) groups excluding carboxylic acids is 2. The van der Waals surface area contributed by atoms with Gasteiger partial charge in [-0.3, -0.25) is 14.5 Å². The summed E-state index contributed by atoms with van der Waals surface area (Å²) in [4.78, 5) is 33.1. The van der Waals surface area contributed by atoms with Gasteiger partial charge < -0.3 is 16.0 Å². The molecule has 1 aliphatic heterocycles. The highest BCUT2D eigenvalue weighted by atomic mass is 32.1. The topological polar surface area (TPSA) is 91.6 Å². The van der Waals surface area contributed by atoms with Gasteiger partial charge in [0.05, 0.1) is 23.3 Å². The van der Waals surface area contributed by atoms with E-state index in [1.165, 1.54) is 0 Å². The second kappa shape index (κ2) is 9.12. The predicted molar refractivity (Wildman–Crippen MR) is 108 cm³/mol. The third-order valence-corrected chi connectivity index (χ3v) is 6.06. The van der Waals surface area contributed by atoms with Crippen molar-refractivity contribution in [2.24, 2.45) is 11.7 Å². The van der Waals surface area contributed by atoms with Crippen molar-refractivity contribution in [1.29, 1.82) is 0 Å². The summed E-state index contributed by atoms with van der Waals surface area (Å²) in [7, 11) is 0. The Morgan fingerprint density at radius 3 is 2.41 bits per heavy atom. The van der Waals surface area contributed by atoms with Crippen LogP contribution in [0.15, 0.2) is 5.38 Å². The highest BCUT2D eigenvalue weighted by molar-refractivity contribution is 7.09. The number of hydrogen-bond acceptors (Lipinski definition) is 6. The van der Waals surface area contributed by atoms with Gasteiger partial charge in [-0.25, -0.2) is 4.98 Å². The zero-order chi connectivity index (χ0) is 20.2. The molecule has 0 unspecified atom stereocenters. The van der Waals surface area contributed by atoms with Crippen LogP contribution in [0.4, 0.5) is 0 Å². The summed E-state index contributed by atoms with van der Waals surface area (Å²) in [5.41, 5.74) is 6.97. The molecule has 0 aromatic carbocycles. The van der Waals surface area contributed by atoms with Gasteiger partial charge in [0.1, 0.15) is 0 Å². The van der Waals surface area contributed by atoms with Gasteiger partial charge in [-0.15, -0.1) is 11.3 Å². The first-order valence-electron chi connectivity index (χ1n) is 9.56. The molecule has 1 aromatic heterocycles. The third kappa shape index (κ3) is 6.26. The Bertz CT molecular complexity index is 645. The minimum absolute atomic E-state index is 0.0142. The van der Waals surface area contributed by atoms with Crippen molar-refractivity contribution in [3.8, 4) is 0 Å². The average Bonchev–Trinajstić information content (AvgIpc) is 3.08. The number of thiazole rings is 1. The minimum Gasteiger partial charge on any atom is -0.346 e. The fourth-order valence-corrected chi connectivity index (χ4v) is 3.70. The van der Waals surface area contributed by atoms with Crippen LogP contribution in [-0.2, 0) is 21.5 Å². The van der Waals surface area contributed by atoms with E-state index in [4.69, 9.17) is 10.7 Å². The molecule has 1 fully saturated rings. The number of rotatable bonds is 6. The molecule has 8 heteroatoms. The number of nitrogens with two attached hydrogens (primary N) is 1. The Balaban J connectivity index is 1.75. The van der Waals surface area contributed by atoms with Crippen molar-refractivity contribution in [3.63, 3.8) is 0 Å². The maximum atomic E-state index is 12.3. The molecular weight excluding hydrogens is 362 g/mol. The lowest BCUT2D eigenvalue weighted by Crippen LogP contribution is -2.52. The van der Waals surface area contributed by atoms with Gasteiger partial charge in [-0.1, -0.05) is 34.6 Å². The van der Waals surface area contributed by atoms with Crippen LogP contribution >= 0.6 is 11.3 Å². The van der Waals surface area contributed by atoms with Crippen LogP contribution in [0, 0.1) is 5.92 Å². The van der Waals surface area contributed by atoms with Crippen LogP contribution in [0.2, 0.25) is 0 Å². The Morgan fingerprint density at radius 1 is 1.26 bits per heavy atom. The largest absolute Gasteiger partial charge is 0.346 e. The van der Waals surface area contributed by atoms with E-state index in [9.17, 15) is 9.59 Å². The molecule has 0 spiro atoms. The number of aromatic nitrogens is 1. The monoisotopic (exact) mass is 395 g/mol. The molecule has 0 aliphatic carbocycles. The lowest BCUT2D eigenvalue weighted by atomic mass is 9.98. The SMILES string of the molecule is CC(C)[C@H](N)C(=O)NCC(=O)N1CCN(Cc2csc(C(C)(C)C)n2)CC1. The summed E-state index contributed by atoms with van der Waals surface area (Å²) >= 11 is 1.71. The molecule has 2 rings (SSSR count). The average molecular weight is 396 g/mol. The summed E-state index contributed by atoms with van der Waals surface area (Å²) in [6, 6.07) is -0.578. The zero-order valence-electron chi connectivity index (χ0n) is 17.1. The molecule has 0 bridgehead atoms. The van der Waals surface area contributed by atoms with Crippen molar-refractivity contribution in [2.75, 3.05) is 32.7 Å². The van der Waals surface area contributed by atoms with Crippen LogP contribution in [-0.4, -0.2) is 65.4 Å². The molecule has 3 N–H and O–H groups in total. The van der Waals surface area contributed by atoms with Gasteiger partial charge in [-0.05, 0) is 5.92 Å². The lowest BCUT2D eigenvalue weighted by molar-refractivity contribution is -0.134. The fourth-order valence-electron chi connectivity index (χ4n) is 2.80. The molecule has 1 aromatic rings. The molecule has 1 aliphatic rings. The van der Waals surface area contributed by atoms with E-state index in [1.807, 2.05) is 13.8 Å². The summed E-state index contributed by atoms with van der Waals surface area (Å²) in [5, 5.41) is 5.94. The number of piperazine rings is 1. The van der Waals surface area contributed by atoms with Crippen LogP contribution in [0.25, 0.3) is 0 Å². The van der Waals surface area contributed by atoms with E-state index >= 15 is 0 Å². The van der Waals surface area contributed by atoms with Crippen molar-refractivity contribution in [2.45, 2.75) is 52.6 Å². The highest BCUT2D eigenvalue weighted by Gasteiger charge is 2.24. The third-order valence-electron chi connectivity index (χ3n) is 4.74. The normalized spacial score (nSPS) is 17.2. The van der Waals surface area contributed by atoms with Crippen LogP contribution < -0.4 is 11.1 Å². The van der Waals surface area contributed by atoms with Crippen LogP contribution in [0.3, 0.4) is 0 Å². The Labute approximate surface area is 166 Å². The van der Waals surface area contributed by atoms with Crippen molar-refractivity contribution in [1.82, 2.24) is 20.1 Å². The first kappa shape index (κ1) is 21.8. The second-order valence-corrected chi connectivity index (χ2v) is 9.40. The van der Waals surface area contributed by atoms with Gasteiger partial charge in [0.15, 0.2) is 0 Å². The molecule has 2 amide bonds. The molecule has 0 saturated carbocycles. The first-order chi connectivity index (χ1) is 12.6. The molecule has 1 atom stereocenters. The minimum atomic E-state index is -0.578. The molecule has 1 saturated heterocycles. The second-order valence-electron chi connectivity index (χ2n) is 8.54. The summed E-state index contributed by atoms with van der Waals surface area (Å²) in [5.74, 6) is -0.272. The fraction of sp³-hybridized carbons (Fsp3) is 0.737. The van der Waals surface area contributed by atoms with Crippen molar-refractivity contribution in [3.05, 3.63) is 16.1 Å².